The average molecular weight is 418 g/mol. The van der Waals surface area contributed by atoms with Crippen molar-refractivity contribution in [2.75, 3.05) is 31.6 Å². The second-order valence-electron chi connectivity index (χ2n) is 10.5. The molecule has 1 saturated heterocycles. The molecule has 2 aromatic rings. The zero-order chi connectivity index (χ0) is 20.8. The number of hydrogen-bond acceptors (Lipinski definition) is 5. The minimum atomic E-state index is 0.443. The molecule has 1 N–H and O–H groups in total. The summed E-state index contributed by atoms with van der Waals surface area (Å²) in [6.45, 7) is 4.41. The van der Waals surface area contributed by atoms with Crippen molar-refractivity contribution < 1.29 is 0 Å². The minimum Gasteiger partial charge on any atom is -0.356 e. The van der Waals surface area contributed by atoms with Crippen LogP contribution in [0.15, 0.2) is 30.6 Å². The summed E-state index contributed by atoms with van der Waals surface area (Å²) in [5.74, 6) is 1.28. The summed E-state index contributed by atoms with van der Waals surface area (Å²) in [7, 11) is 2.29. The first-order chi connectivity index (χ1) is 15.2. The number of hydrogen-bond donors (Lipinski definition) is 1. The van der Waals surface area contributed by atoms with Crippen molar-refractivity contribution in [3.8, 4) is 0 Å². The van der Waals surface area contributed by atoms with Crippen molar-refractivity contribution in [2.45, 2.75) is 70.0 Å². The Morgan fingerprint density at radius 1 is 1.13 bits per heavy atom. The van der Waals surface area contributed by atoms with Crippen LogP contribution in [0.4, 0.5) is 5.82 Å². The molecule has 2 fully saturated rings. The van der Waals surface area contributed by atoms with Crippen LogP contribution < -0.4 is 10.2 Å². The molecule has 0 aromatic carbocycles. The van der Waals surface area contributed by atoms with Gasteiger partial charge in [-0.2, -0.15) is 0 Å². The molecule has 0 bridgehead atoms. The van der Waals surface area contributed by atoms with Crippen molar-refractivity contribution in [3.05, 3.63) is 53.0 Å². The van der Waals surface area contributed by atoms with Crippen molar-refractivity contribution in [3.63, 3.8) is 0 Å². The molecule has 6 rings (SSSR count). The lowest BCUT2D eigenvalue weighted by atomic mass is 9.90. The SMILES string of the molecule is CN(C[C@@H]1Cc2c(ccnc2N2CCCC3(CC3)C2)CN1)[C@H]1CCCc2cccnc21. The second-order valence-corrected chi connectivity index (χ2v) is 10.5. The molecule has 5 nitrogen and oxygen atoms in total. The Bertz CT molecular complexity index is 953. The van der Waals surface area contributed by atoms with E-state index in [1.54, 1.807) is 0 Å². The van der Waals surface area contributed by atoms with Gasteiger partial charge in [-0.05, 0) is 87.1 Å². The van der Waals surface area contributed by atoms with Gasteiger partial charge in [0.1, 0.15) is 5.82 Å². The number of fused-ring (bicyclic) bond motifs is 2. The largest absolute Gasteiger partial charge is 0.356 e. The monoisotopic (exact) mass is 417 g/mol. The van der Waals surface area contributed by atoms with Gasteiger partial charge in [0, 0.05) is 50.2 Å². The summed E-state index contributed by atoms with van der Waals surface area (Å²) in [5, 5.41) is 3.82. The van der Waals surface area contributed by atoms with Gasteiger partial charge in [0.15, 0.2) is 0 Å². The number of nitrogens with zero attached hydrogens (tertiary/aromatic N) is 4. The van der Waals surface area contributed by atoms with Gasteiger partial charge >= 0.3 is 0 Å². The molecule has 0 amide bonds. The molecule has 2 aromatic heterocycles. The number of aryl methyl sites for hydroxylation is 1. The van der Waals surface area contributed by atoms with Gasteiger partial charge in [-0.15, -0.1) is 0 Å². The number of nitrogens with one attached hydrogen (secondary N) is 1. The fourth-order valence-corrected chi connectivity index (χ4v) is 6.34. The van der Waals surface area contributed by atoms with Crippen LogP contribution in [0.1, 0.15) is 67.0 Å². The van der Waals surface area contributed by atoms with Crippen LogP contribution in [0.2, 0.25) is 0 Å². The third-order valence-corrected chi connectivity index (χ3v) is 8.29. The molecule has 1 spiro atoms. The van der Waals surface area contributed by atoms with Crippen molar-refractivity contribution in [1.82, 2.24) is 20.2 Å². The molecule has 2 aliphatic heterocycles. The molecule has 4 aliphatic rings. The van der Waals surface area contributed by atoms with E-state index in [4.69, 9.17) is 9.97 Å². The van der Waals surface area contributed by atoms with Crippen LogP contribution in [0, 0.1) is 5.41 Å². The maximum Gasteiger partial charge on any atom is 0.132 e. The van der Waals surface area contributed by atoms with Crippen molar-refractivity contribution in [2.24, 2.45) is 5.41 Å². The molecule has 5 heteroatoms. The Labute approximate surface area is 186 Å². The van der Waals surface area contributed by atoms with Gasteiger partial charge in [0.25, 0.3) is 0 Å². The first-order valence-corrected chi connectivity index (χ1v) is 12.3. The van der Waals surface area contributed by atoms with Crippen LogP contribution in [0.3, 0.4) is 0 Å². The molecule has 164 valence electrons. The van der Waals surface area contributed by atoms with Gasteiger partial charge in [0.05, 0.1) is 11.7 Å². The van der Waals surface area contributed by atoms with Crippen LogP contribution in [0.5, 0.6) is 0 Å². The average Bonchev–Trinajstić information content (AvgIpc) is 3.56. The van der Waals surface area contributed by atoms with E-state index in [1.807, 2.05) is 12.4 Å². The fourth-order valence-electron chi connectivity index (χ4n) is 6.34. The Balaban J connectivity index is 1.19. The number of pyridine rings is 2. The third-order valence-electron chi connectivity index (χ3n) is 8.29. The lowest BCUT2D eigenvalue weighted by Gasteiger charge is -2.39. The van der Waals surface area contributed by atoms with E-state index in [9.17, 15) is 0 Å². The Kier molecular flexibility index (Phi) is 4.99. The maximum atomic E-state index is 4.92. The molecule has 2 aliphatic carbocycles. The van der Waals surface area contributed by atoms with E-state index >= 15 is 0 Å². The zero-order valence-electron chi connectivity index (χ0n) is 18.8. The Hall–Kier alpha value is -1.98. The number of piperidine rings is 1. The van der Waals surface area contributed by atoms with E-state index in [0.717, 1.165) is 19.5 Å². The summed E-state index contributed by atoms with van der Waals surface area (Å²) in [6, 6.07) is 7.49. The van der Waals surface area contributed by atoms with Crippen LogP contribution >= 0.6 is 0 Å². The summed E-state index contributed by atoms with van der Waals surface area (Å²) < 4.78 is 0. The number of rotatable bonds is 4. The lowest BCUT2D eigenvalue weighted by molar-refractivity contribution is 0.190. The highest BCUT2D eigenvalue weighted by atomic mass is 15.2. The first kappa shape index (κ1) is 19.7. The van der Waals surface area contributed by atoms with Crippen LogP contribution in [-0.2, 0) is 19.4 Å². The highest BCUT2D eigenvalue weighted by Gasteiger charge is 2.46. The first-order valence-electron chi connectivity index (χ1n) is 12.3. The predicted molar refractivity (Wildman–Crippen MR) is 124 cm³/mol. The summed E-state index contributed by atoms with van der Waals surface area (Å²) >= 11 is 0. The smallest absolute Gasteiger partial charge is 0.132 e. The van der Waals surface area contributed by atoms with Crippen LogP contribution in [0.25, 0.3) is 0 Å². The van der Waals surface area contributed by atoms with Gasteiger partial charge in [-0.1, -0.05) is 6.07 Å². The molecular formula is C26H35N5. The standard InChI is InChI=1S/C26H35N5/c1-30(23-7-2-5-19-6-3-12-27-24(19)23)17-21-15-22-20(16-29-21)8-13-28-25(22)31-14-4-9-26(18-31)10-11-26/h3,6,8,12-13,21,23,29H,2,4-5,7,9-11,14-18H2,1H3/t21-,23-/m0/s1. The maximum absolute atomic E-state index is 4.92. The molecule has 2 atom stereocenters. The normalized spacial score (nSPS) is 26.6. The van der Waals surface area contributed by atoms with Gasteiger partial charge < -0.3 is 10.2 Å². The number of aromatic nitrogens is 2. The second kappa shape index (κ2) is 7.86. The molecule has 4 heterocycles. The lowest BCUT2D eigenvalue weighted by Crippen LogP contribution is -2.46. The predicted octanol–water partition coefficient (Wildman–Crippen LogP) is 3.88. The van der Waals surface area contributed by atoms with E-state index in [-0.39, 0.29) is 0 Å². The molecule has 1 saturated carbocycles. The topological polar surface area (TPSA) is 44.3 Å². The van der Waals surface area contributed by atoms with E-state index in [0.29, 0.717) is 17.5 Å². The van der Waals surface area contributed by atoms with E-state index in [1.165, 1.54) is 86.2 Å². The van der Waals surface area contributed by atoms with Gasteiger partial charge in [-0.25, -0.2) is 4.98 Å². The molecular weight excluding hydrogens is 382 g/mol. The van der Waals surface area contributed by atoms with E-state index < -0.39 is 0 Å². The van der Waals surface area contributed by atoms with Crippen molar-refractivity contribution >= 4 is 5.82 Å². The highest BCUT2D eigenvalue weighted by Crippen LogP contribution is 2.52. The van der Waals surface area contributed by atoms with E-state index in [2.05, 4.69) is 40.4 Å². The Morgan fingerprint density at radius 3 is 2.97 bits per heavy atom. The summed E-state index contributed by atoms with van der Waals surface area (Å²) in [4.78, 5) is 14.8. The summed E-state index contributed by atoms with van der Waals surface area (Å²) in [5.41, 5.74) is 6.32. The number of anilines is 1. The quantitative estimate of drug-likeness (QED) is 0.818. The fraction of sp³-hybridized carbons (Fsp3) is 0.615. The highest BCUT2D eigenvalue weighted by molar-refractivity contribution is 5.53. The van der Waals surface area contributed by atoms with Gasteiger partial charge in [0.2, 0.25) is 0 Å². The molecule has 31 heavy (non-hydrogen) atoms. The van der Waals surface area contributed by atoms with Crippen LogP contribution in [-0.4, -0.2) is 47.6 Å². The number of likely N-dealkylation sites (N-methyl/N-ethyl adjacent to an activating group) is 1. The molecule has 0 unspecified atom stereocenters. The summed E-state index contributed by atoms with van der Waals surface area (Å²) in [6.07, 6.45) is 14.3. The third kappa shape index (κ3) is 3.76. The zero-order valence-corrected chi connectivity index (χ0v) is 18.8. The minimum absolute atomic E-state index is 0.443. The molecule has 0 radical (unpaired) electrons. The van der Waals surface area contributed by atoms with Gasteiger partial charge in [-0.3, -0.25) is 9.88 Å². The Morgan fingerprint density at radius 2 is 2.06 bits per heavy atom. The van der Waals surface area contributed by atoms with Crippen molar-refractivity contribution in [1.29, 1.82) is 0 Å².